The molecule has 8 heteroatoms. The van der Waals surface area contributed by atoms with Crippen molar-refractivity contribution in [2.45, 2.75) is 83.1 Å². The molecule has 0 aliphatic heterocycles. The number of hydrogen-bond donors (Lipinski definition) is 0. The third-order valence-electron chi connectivity index (χ3n) is 4.54. The minimum atomic E-state index is 0.750. The number of thiazole rings is 1. The van der Waals surface area contributed by atoms with Gasteiger partial charge in [-0.2, -0.15) is 0 Å². The molecule has 4 rings (SSSR count). The third kappa shape index (κ3) is 9.18. The Bertz CT molecular complexity index is 864. The Morgan fingerprint density at radius 3 is 0.812 bits per heavy atom. The van der Waals surface area contributed by atoms with Crippen LogP contribution in [0.5, 0.6) is 0 Å². The topological polar surface area (TPSA) is 91.0 Å². The maximum atomic E-state index is 5.10. The van der Waals surface area contributed by atoms with Crippen LogP contribution in [0.15, 0.2) is 13.3 Å². The van der Waals surface area contributed by atoms with Gasteiger partial charge in [0, 0.05) is 25.6 Å². The Labute approximate surface area is 195 Å². The molecular weight excluding hydrogens is 424 g/mol. The SMILES string of the molecule is Cc1nc(C)c(C)o1.Cc1nc(C)c(C)o1.Cc1nc(C)c(C)o1.Cc1nc(C)c(C)s1. The van der Waals surface area contributed by atoms with E-state index in [0.29, 0.717) is 0 Å². The molecule has 4 aromatic rings. The molecule has 0 N–H and O–H groups in total. The van der Waals surface area contributed by atoms with Gasteiger partial charge in [0.25, 0.3) is 0 Å². The van der Waals surface area contributed by atoms with E-state index in [4.69, 9.17) is 13.3 Å². The van der Waals surface area contributed by atoms with Crippen LogP contribution in [0, 0.1) is 83.1 Å². The molecule has 0 amide bonds. The van der Waals surface area contributed by atoms with Crippen LogP contribution in [0.2, 0.25) is 0 Å². The van der Waals surface area contributed by atoms with Gasteiger partial charge in [0.05, 0.1) is 27.8 Å². The van der Waals surface area contributed by atoms with E-state index < -0.39 is 0 Å². The highest BCUT2D eigenvalue weighted by Crippen LogP contribution is 2.14. The molecule has 0 saturated carbocycles. The monoisotopic (exact) mass is 460 g/mol. The van der Waals surface area contributed by atoms with Crippen LogP contribution in [0.3, 0.4) is 0 Å². The molecule has 0 saturated heterocycles. The Morgan fingerprint density at radius 2 is 0.750 bits per heavy atom. The summed E-state index contributed by atoms with van der Waals surface area (Å²) in [5.41, 5.74) is 4.14. The molecule has 0 bridgehead atoms. The van der Waals surface area contributed by atoms with Crippen molar-refractivity contribution in [1.82, 2.24) is 19.9 Å². The van der Waals surface area contributed by atoms with Gasteiger partial charge in [-0.25, -0.2) is 19.9 Å². The van der Waals surface area contributed by atoms with E-state index in [0.717, 1.165) is 52.0 Å². The van der Waals surface area contributed by atoms with Crippen LogP contribution in [-0.4, -0.2) is 19.9 Å². The average Bonchev–Trinajstić information content (AvgIpc) is 3.32. The third-order valence-corrected chi connectivity index (χ3v) is 5.53. The van der Waals surface area contributed by atoms with E-state index in [1.807, 2.05) is 76.2 Å². The summed E-state index contributed by atoms with van der Waals surface area (Å²) in [4.78, 5) is 17.7. The summed E-state index contributed by atoms with van der Waals surface area (Å²) < 4.78 is 15.3. The predicted octanol–water partition coefficient (Wildman–Crippen LogP) is 6.87. The molecular formula is C24H36N4O3S. The molecule has 176 valence electrons. The van der Waals surface area contributed by atoms with Crippen molar-refractivity contribution >= 4 is 11.3 Å². The van der Waals surface area contributed by atoms with Crippen molar-refractivity contribution in [2.75, 3.05) is 0 Å². The van der Waals surface area contributed by atoms with Crippen LogP contribution in [-0.2, 0) is 0 Å². The zero-order valence-electron chi connectivity index (χ0n) is 21.4. The molecule has 0 spiro atoms. The molecule has 4 heterocycles. The number of hydrogen-bond acceptors (Lipinski definition) is 8. The summed E-state index contributed by atoms with van der Waals surface area (Å²) >= 11 is 1.76. The van der Waals surface area contributed by atoms with Gasteiger partial charge in [0.1, 0.15) is 17.3 Å². The van der Waals surface area contributed by atoms with E-state index in [2.05, 4.69) is 26.9 Å². The molecule has 0 fully saturated rings. The summed E-state index contributed by atoms with van der Waals surface area (Å²) in [5, 5.41) is 1.17. The minimum absolute atomic E-state index is 0.750. The van der Waals surface area contributed by atoms with Crippen LogP contribution < -0.4 is 0 Å². The standard InChI is InChI=1S/3C6H9NO.C6H9NS/c4*1-4-5(2)8-6(3)7-4/h4*1-3H3. The van der Waals surface area contributed by atoms with Crippen molar-refractivity contribution in [1.29, 1.82) is 0 Å². The highest BCUT2D eigenvalue weighted by molar-refractivity contribution is 7.11. The number of aromatic nitrogens is 4. The quantitative estimate of drug-likeness (QED) is 0.283. The summed E-state index contributed by atoms with van der Waals surface area (Å²) in [6.45, 7) is 23.3. The van der Waals surface area contributed by atoms with Gasteiger partial charge in [-0.3, -0.25) is 0 Å². The molecule has 0 radical (unpaired) electrons. The molecule has 0 aromatic carbocycles. The second-order valence-electron chi connectivity index (χ2n) is 7.50. The number of oxazole rings is 3. The first kappa shape index (κ1) is 27.3. The maximum Gasteiger partial charge on any atom is 0.191 e. The van der Waals surface area contributed by atoms with Crippen LogP contribution in [0.1, 0.15) is 67.6 Å². The summed E-state index contributed by atoms with van der Waals surface area (Å²) in [6, 6.07) is 0. The highest BCUT2D eigenvalue weighted by Gasteiger charge is 1.99. The molecule has 0 atom stereocenters. The van der Waals surface area contributed by atoms with E-state index in [1.165, 1.54) is 15.6 Å². The fourth-order valence-corrected chi connectivity index (χ4v) is 3.35. The number of nitrogens with zero attached hydrogens (tertiary/aromatic N) is 4. The molecule has 4 aromatic heterocycles. The summed E-state index contributed by atoms with van der Waals surface area (Å²) in [6.07, 6.45) is 0. The van der Waals surface area contributed by atoms with E-state index in [9.17, 15) is 0 Å². The van der Waals surface area contributed by atoms with Crippen molar-refractivity contribution in [3.63, 3.8) is 0 Å². The van der Waals surface area contributed by atoms with Gasteiger partial charge in [-0.05, 0) is 62.3 Å². The average molecular weight is 461 g/mol. The van der Waals surface area contributed by atoms with Gasteiger partial charge in [0.15, 0.2) is 17.7 Å². The lowest BCUT2D eigenvalue weighted by Crippen LogP contribution is -1.71. The fraction of sp³-hybridized carbons (Fsp3) is 0.500. The lowest BCUT2D eigenvalue weighted by atomic mass is 10.4. The van der Waals surface area contributed by atoms with Gasteiger partial charge in [-0.1, -0.05) is 0 Å². The van der Waals surface area contributed by atoms with Gasteiger partial charge < -0.3 is 13.3 Å². The minimum Gasteiger partial charge on any atom is -0.446 e. The molecule has 32 heavy (non-hydrogen) atoms. The van der Waals surface area contributed by atoms with Crippen molar-refractivity contribution < 1.29 is 13.3 Å². The highest BCUT2D eigenvalue weighted by atomic mass is 32.1. The fourth-order valence-electron chi connectivity index (χ4n) is 2.53. The largest absolute Gasteiger partial charge is 0.446 e. The zero-order valence-corrected chi connectivity index (χ0v) is 22.2. The van der Waals surface area contributed by atoms with Gasteiger partial charge in [0.2, 0.25) is 0 Å². The lowest BCUT2D eigenvalue weighted by molar-refractivity contribution is 0.493. The maximum absolute atomic E-state index is 5.10. The Hall–Kier alpha value is -2.74. The second kappa shape index (κ2) is 12.3. The van der Waals surface area contributed by atoms with E-state index >= 15 is 0 Å². The van der Waals surface area contributed by atoms with Crippen LogP contribution >= 0.6 is 11.3 Å². The molecule has 7 nitrogen and oxygen atoms in total. The normalized spacial score (nSPS) is 9.88. The first-order valence-corrected chi connectivity index (χ1v) is 11.2. The first-order valence-electron chi connectivity index (χ1n) is 10.4. The number of rotatable bonds is 0. The van der Waals surface area contributed by atoms with Crippen molar-refractivity contribution in [2.24, 2.45) is 0 Å². The molecule has 0 aliphatic carbocycles. The second-order valence-corrected chi connectivity index (χ2v) is 8.91. The first-order chi connectivity index (χ1) is 14.8. The molecule has 0 aliphatic rings. The van der Waals surface area contributed by atoms with Crippen LogP contribution in [0.25, 0.3) is 0 Å². The van der Waals surface area contributed by atoms with Crippen LogP contribution in [0.4, 0.5) is 0 Å². The lowest BCUT2D eigenvalue weighted by Gasteiger charge is -1.77. The smallest absolute Gasteiger partial charge is 0.191 e. The summed E-state index contributed by atoms with van der Waals surface area (Å²) in [5.74, 6) is 5.01. The van der Waals surface area contributed by atoms with Gasteiger partial charge >= 0.3 is 0 Å². The van der Waals surface area contributed by atoms with Crippen molar-refractivity contribution in [3.05, 3.63) is 67.6 Å². The predicted molar refractivity (Wildman–Crippen MR) is 128 cm³/mol. The Kier molecular flexibility index (Phi) is 10.5. The van der Waals surface area contributed by atoms with Crippen molar-refractivity contribution in [3.8, 4) is 0 Å². The number of aryl methyl sites for hydroxylation is 12. The van der Waals surface area contributed by atoms with E-state index in [-0.39, 0.29) is 0 Å². The van der Waals surface area contributed by atoms with E-state index in [1.54, 1.807) is 11.3 Å². The summed E-state index contributed by atoms with van der Waals surface area (Å²) in [7, 11) is 0. The Morgan fingerprint density at radius 1 is 0.438 bits per heavy atom. The zero-order chi connectivity index (χ0) is 24.6. The Balaban J connectivity index is 0.000000213. The van der Waals surface area contributed by atoms with Gasteiger partial charge in [-0.15, -0.1) is 11.3 Å². The molecule has 0 unspecified atom stereocenters.